The largest absolute Gasteiger partial charge is 0.204 e. The molecule has 0 fully saturated rings. The van der Waals surface area contributed by atoms with E-state index >= 15 is 0 Å². The second-order valence-electron chi connectivity index (χ2n) is 4.68. The Kier molecular flexibility index (Phi) is 4.05. The molecule has 2 heterocycles. The smallest absolute Gasteiger partial charge is 0.160 e. The topological polar surface area (TPSA) is 0 Å². The van der Waals surface area contributed by atoms with Gasteiger partial charge in [-0.15, -0.1) is 22.7 Å². The Bertz CT molecular complexity index is 815. The van der Waals surface area contributed by atoms with E-state index in [1.807, 2.05) is 0 Å². The van der Waals surface area contributed by atoms with Crippen molar-refractivity contribution in [2.75, 3.05) is 0 Å². The molecule has 0 radical (unpaired) electrons. The van der Waals surface area contributed by atoms with Gasteiger partial charge < -0.3 is 0 Å². The minimum atomic E-state index is -0.863. The fraction of sp³-hybridized carbons (Fsp3) is 0.176. The lowest BCUT2D eigenvalue weighted by Gasteiger charge is -1.92. The van der Waals surface area contributed by atoms with Crippen LogP contribution >= 0.6 is 22.7 Å². The molecule has 0 N–H and O–H groups in total. The Morgan fingerprint density at radius 1 is 0.952 bits per heavy atom. The Morgan fingerprint density at radius 2 is 1.76 bits per heavy atom. The Morgan fingerprint density at radius 3 is 2.48 bits per heavy atom. The first kappa shape index (κ1) is 14.2. The van der Waals surface area contributed by atoms with Crippen LogP contribution < -0.4 is 0 Å². The third-order valence-electron chi connectivity index (χ3n) is 3.00. The Hall–Kier alpha value is -1.70. The quantitative estimate of drug-likeness (QED) is 0.540. The molecular weight excluding hydrogens is 306 g/mol. The monoisotopic (exact) mass is 318 g/mol. The predicted molar refractivity (Wildman–Crippen MR) is 86.0 cm³/mol. The van der Waals surface area contributed by atoms with Crippen LogP contribution in [0.1, 0.15) is 28.7 Å². The molecule has 3 aromatic rings. The van der Waals surface area contributed by atoms with Crippen LogP contribution in [-0.2, 0) is 6.42 Å². The fourth-order valence-corrected chi connectivity index (χ4v) is 4.40. The van der Waals surface area contributed by atoms with Crippen molar-refractivity contribution in [1.82, 2.24) is 0 Å². The minimum absolute atomic E-state index is 0.484. The summed E-state index contributed by atoms with van der Waals surface area (Å²) in [4.78, 5) is 2.35. The molecule has 0 unspecified atom stereocenters. The van der Waals surface area contributed by atoms with Gasteiger partial charge in [0.2, 0.25) is 0 Å². The maximum atomic E-state index is 13.1. The van der Waals surface area contributed by atoms with E-state index in [0.29, 0.717) is 5.56 Å². The number of halogens is 2. The molecule has 3 rings (SSSR count). The highest BCUT2D eigenvalue weighted by Gasteiger charge is 2.05. The standard InChI is InChI=1S/C17H12F2S2/c1-2-3-12-9-16-17(20-12)10-13(21-16)6-4-11-5-7-14(18)15(19)8-11/h5,7-10H,2-3H2,1H3. The molecule has 4 heteroatoms. The van der Waals surface area contributed by atoms with Gasteiger partial charge in [0.05, 0.1) is 4.88 Å². The van der Waals surface area contributed by atoms with Gasteiger partial charge in [0, 0.05) is 19.8 Å². The van der Waals surface area contributed by atoms with Crippen molar-refractivity contribution >= 4 is 32.1 Å². The molecule has 2 aromatic heterocycles. The van der Waals surface area contributed by atoms with Crippen molar-refractivity contribution in [2.45, 2.75) is 19.8 Å². The first-order chi connectivity index (χ1) is 10.2. The molecule has 0 spiro atoms. The van der Waals surface area contributed by atoms with Gasteiger partial charge in [-0.25, -0.2) is 8.78 Å². The average Bonchev–Trinajstić information content (AvgIpc) is 2.98. The van der Waals surface area contributed by atoms with Crippen molar-refractivity contribution in [3.63, 3.8) is 0 Å². The highest BCUT2D eigenvalue weighted by molar-refractivity contribution is 7.28. The predicted octanol–water partition coefficient (Wildman–Crippen LogP) is 5.59. The molecule has 0 bridgehead atoms. The maximum absolute atomic E-state index is 13.1. The number of hydrogen-bond donors (Lipinski definition) is 0. The molecule has 0 nitrogen and oxygen atoms in total. The lowest BCUT2D eigenvalue weighted by molar-refractivity contribution is 0.508. The Labute approximate surface area is 130 Å². The van der Waals surface area contributed by atoms with Gasteiger partial charge in [0.15, 0.2) is 11.6 Å². The van der Waals surface area contributed by atoms with E-state index in [1.54, 1.807) is 22.7 Å². The molecule has 0 atom stereocenters. The molecule has 0 aliphatic heterocycles. The van der Waals surface area contributed by atoms with Crippen molar-refractivity contribution in [3.8, 4) is 11.8 Å². The molecule has 0 aliphatic carbocycles. The van der Waals surface area contributed by atoms with E-state index < -0.39 is 11.6 Å². The van der Waals surface area contributed by atoms with Crippen LogP contribution in [0.15, 0.2) is 30.3 Å². The normalized spacial score (nSPS) is 10.6. The van der Waals surface area contributed by atoms with E-state index in [1.165, 1.54) is 20.3 Å². The summed E-state index contributed by atoms with van der Waals surface area (Å²) in [6, 6.07) is 8.00. The highest BCUT2D eigenvalue weighted by Crippen LogP contribution is 2.33. The van der Waals surface area contributed by atoms with Crippen LogP contribution in [0.5, 0.6) is 0 Å². The minimum Gasteiger partial charge on any atom is -0.204 e. The van der Waals surface area contributed by atoms with E-state index in [4.69, 9.17) is 0 Å². The number of thiophene rings is 2. The Balaban J connectivity index is 1.86. The third-order valence-corrected chi connectivity index (χ3v) is 5.27. The van der Waals surface area contributed by atoms with E-state index in [-0.39, 0.29) is 0 Å². The van der Waals surface area contributed by atoms with Gasteiger partial charge >= 0.3 is 0 Å². The summed E-state index contributed by atoms with van der Waals surface area (Å²) in [5, 5.41) is 0. The zero-order valence-electron chi connectivity index (χ0n) is 11.4. The van der Waals surface area contributed by atoms with Crippen molar-refractivity contribution in [1.29, 1.82) is 0 Å². The van der Waals surface area contributed by atoms with Crippen LogP contribution in [-0.4, -0.2) is 0 Å². The highest BCUT2D eigenvalue weighted by atomic mass is 32.1. The SMILES string of the molecule is CCCc1cc2sc(C#Cc3ccc(F)c(F)c3)cc2s1. The summed E-state index contributed by atoms with van der Waals surface area (Å²) in [6.45, 7) is 2.17. The summed E-state index contributed by atoms with van der Waals surface area (Å²) in [7, 11) is 0. The zero-order valence-corrected chi connectivity index (χ0v) is 13.0. The lowest BCUT2D eigenvalue weighted by Crippen LogP contribution is -1.84. The first-order valence-electron chi connectivity index (χ1n) is 6.65. The van der Waals surface area contributed by atoms with Crippen LogP contribution in [0.2, 0.25) is 0 Å². The van der Waals surface area contributed by atoms with E-state index in [9.17, 15) is 8.78 Å². The number of aryl methyl sites for hydroxylation is 1. The summed E-state index contributed by atoms with van der Waals surface area (Å²) in [5.41, 5.74) is 0.484. The molecule has 0 saturated heterocycles. The van der Waals surface area contributed by atoms with Crippen LogP contribution in [0.4, 0.5) is 8.78 Å². The number of benzene rings is 1. The molecule has 0 saturated carbocycles. The van der Waals surface area contributed by atoms with Crippen LogP contribution in [0.25, 0.3) is 9.40 Å². The number of fused-ring (bicyclic) bond motifs is 1. The van der Waals surface area contributed by atoms with Crippen molar-refractivity contribution in [3.05, 3.63) is 57.3 Å². The first-order valence-corrected chi connectivity index (χ1v) is 8.28. The second-order valence-corrected chi connectivity index (χ2v) is 6.93. The number of rotatable bonds is 2. The summed E-state index contributed by atoms with van der Waals surface area (Å²) >= 11 is 3.44. The molecule has 1 aromatic carbocycles. The second kappa shape index (κ2) is 5.97. The molecule has 106 valence electrons. The molecular formula is C17H12F2S2. The van der Waals surface area contributed by atoms with Gasteiger partial charge in [0.1, 0.15) is 0 Å². The summed E-state index contributed by atoms with van der Waals surface area (Å²) < 4.78 is 28.4. The average molecular weight is 318 g/mol. The van der Waals surface area contributed by atoms with Crippen molar-refractivity contribution < 1.29 is 8.78 Å². The van der Waals surface area contributed by atoms with Gasteiger partial charge in [-0.1, -0.05) is 25.2 Å². The third kappa shape index (κ3) is 3.15. The van der Waals surface area contributed by atoms with Gasteiger partial charge in [-0.05, 0) is 36.8 Å². The van der Waals surface area contributed by atoms with E-state index in [0.717, 1.165) is 29.9 Å². The number of hydrogen-bond acceptors (Lipinski definition) is 2. The summed E-state index contributed by atoms with van der Waals surface area (Å²) in [6.07, 6.45) is 2.26. The van der Waals surface area contributed by atoms with Crippen LogP contribution in [0.3, 0.4) is 0 Å². The van der Waals surface area contributed by atoms with E-state index in [2.05, 4.69) is 30.9 Å². The fourth-order valence-electron chi connectivity index (χ4n) is 2.02. The summed E-state index contributed by atoms with van der Waals surface area (Å²) in [5.74, 6) is 4.19. The van der Waals surface area contributed by atoms with Gasteiger partial charge in [-0.3, -0.25) is 0 Å². The van der Waals surface area contributed by atoms with Gasteiger partial charge in [-0.2, -0.15) is 0 Å². The van der Waals surface area contributed by atoms with Gasteiger partial charge in [0.25, 0.3) is 0 Å². The van der Waals surface area contributed by atoms with Crippen molar-refractivity contribution in [2.24, 2.45) is 0 Å². The molecule has 0 aliphatic rings. The maximum Gasteiger partial charge on any atom is 0.160 e. The zero-order chi connectivity index (χ0) is 14.8. The lowest BCUT2D eigenvalue weighted by atomic mass is 10.2. The molecule has 21 heavy (non-hydrogen) atoms. The van der Waals surface area contributed by atoms with Crippen LogP contribution in [0, 0.1) is 23.5 Å². The molecule has 0 amide bonds.